The molecule has 1 aromatic carbocycles. The van der Waals surface area contributed by atoms with E-state index in [0.29, 0.717) is 24.2 Å². The van der Waals surface area contributed by atoms with Crippen LogP contribution in [0.1, 0.15) is 50.9 Å². The van der Waals surface area contributed by atoms with Crippen molar-refractivity contribution in [1.82, 2.24) is 0 Å². The average molecular weight is 422 g/mol. The van der Waals surface area contributed by atoms with Gasteiger partial charge in [0.2, 0.25) is 0 Å². The lowest BCUT2D eigenvalue weighted by Gasteiger charge is -2.56. The summed E-state index contributed by atoms with van der Waals surface area (Å²) in [5, 5.41) is 0. The Morgan fingerprint density at radius 1 is 1.07 bits per heavy atom. The first-order valence-corrected chi connectivity index (χ1v) is 9.84. The van der Waals surface area contributed by atoms with Gasteiger partial charge in [-0.2, -0.15) is 0 Å². The fourth-order valence-electron chi connectivity index (χ4n) is 3.40. The van der Waals surface area contributed by atoms with Gasteiger partial charge in [-0.3, -0.25) is 0 Å². The largest absolute Gasteiger partial charge is 0.573 e. The van der Waals surface area contributed by atoms with Crippen molar-refractivity contribution in [3.05, 3.63) is 29.6 Å². The molecule has 0 aromatic heterocycles. The van der Waals surface area contributed by atoms with Gasteiger partial charge in [0.05, 0.1) is 31.8 Å². The summed E-state index contributed by atoms with van der Waals surface area (Å²) in [7, 11) is 0. The quantitative estimate of drug-likeness (QED) is 0.472. The molecule has 0 radical (unpaired) electrons. The number of hydrogen-bond acceptors (Lipinski definition) is 5. The van der Waals surface area contributed by atoms with Crippen molar-refractivity contribution in [2.75, 3.05) is 26.4 Å². The monoisotopic (exact) mass is 422 g/mol. The van der Waals surface area contributed by atoms with E-state index in [4.69, 9.17) is 18.9 Å². The highest BCUT2D eigenvalue weighted by Gasteiger charge is 2.56. The van der Waals surface area contributed by atoms with Crippen LogP contribution in [0.5, 0.6) is 5.75 Å². The Morgan fingerprint density at radius 2 is 1.76 bits per heavy atom. The number of ether oxygens (including phenoxy) is 5. The Hall–Kier alpha value is -1.42. The summed E-state index contributed by atoms with van der Waals surface area (Å²) in [6, 6.07) is 3.09. The Morgan fingerprint density at radius 3 is 2.24 bits per heavy atom. The maximum atomic E-state index is 13.4. The van der Waals surface area contributed by atoms with Gasteiger partial charge >= 0.3 is 6.36 Å². The SMILES string of the molecule is CCCCCC12COC1OC2.Fc1cc(C2OCCCO2)ccc1OC(F)(F)F. The van der Waals surface area contributed by atoms with Crippen molar-refractivity contribution in [2.45, 2.75) is 58.0 Å². The molecule has 0 unspecified atom stereocenters. The summed E-state index contributed by atoms with van der Waals surface area (Å²) in [4.78, 5) is 0. The molecule has 0 aliphatic carbocycles. The molecule has 3 heterocycles. The van der Waals surface area contributed by atoms with Gasteiger partial charge in [0.25, 0.3) is 0 Å². The van der Waals surface area contributed by atoms with Crippen LogP contribution in [0.4, 0.5) is 17.6 Å². The van der Waals surface area contributed by atoms with E-state index in [2.05, 4.69) is 11.7 Å². The van der Waals surface area contributed by atoms with Gasteiger partial charge in [0.1, 0.15) is 0 Å². The van der Waals surface area contributed by atoms with Gasteiger partial charge < -0.3 is 23.7 Å². The van der Waals surface area contributed by atoms with Crippen molar-refractivity contribution < 1.29 is 41.2 Å². The van der Waals surface area contributed by atoms with Gasteiger partial charge in [-0.05, 0) is 25.0 Å². The van der Waals surface area contributed by atoms with E-state index < -0.39 is 24.2 Å². The predicted molar refractivity (Wildman–Crippen MR) is 94.6 cm³/mol. The van der Waals surface area contributed by atoms with Gasteiger partial charge in [0, 0.05) is 5.56 Å². The maximum Gasteiger partial charge on any atom is 0.573 e. The van der Waals surface area contributed by atoms with E-state index in [-0.39, 0.29) is 6.29 Å². The van der Waals surface area contributed by atoms with Crippen LogP contribution >= 0.6 is 0 Å². The molecule has 5 nitrogen and oxygen atoms in total. The third-order valence-electron chi connectivity index (χ3n) is 5.10. The molecule has 0 saturated carbocycles. The van der Waals surface area contributed by atoms with Gasteiger partial charge in [-0.25, -0.2) is 4.39 Å². The van der Waals surface area contributed by atoms with Gasteiger partial charge in [0.15, 0.2) is 24.1 Å². The topological polar surface area (TPSA) is 46.2 Å². The summed E-state index contributed by atoms with van der Waals surface area (Å²) < 4.78 is 73.6. The van der Waals surface area contributed by atoms with Crippen LogP contribution in [0.2, 0.25) is 0 Å². The van der Waals surface area contributed by atoms with Crippen LogP contribution in [0, 0.1) is 11.2 Å². The minimum absolute atomic E-state index is 0.180. The van der Waals surface area contributed by atoms with Gasteiger partial charge in [-0.15, -0.1) is 13.2 Å². The van der Waals surface area contributed by atoms with Crippen LogP contribution < -0.4 is 4.74 Å². The molecule has 29 heavy (non-hydrogen) atoms. The lowest BCUT2D eigenvalue weighted by molar-refractivity contribution is -0.407. The van der Waals surface area contributed by atoms with E-state index in [0.717, 1.165) is 31.8 Å². The van der Waals surface area contributed by atoms with E-state index in [9.17, 15) is 17.6 Å². The Balaban J connectivity index is 0.000000186. The molecule has 0 amide bonds. The number of alkyl halides is 3. The Bertz CT molecular complexity index is 653. The zero-order valence-corrected chi connectivity index (χ0v) is 16.3. The van der Waals surface area contributed by atoms with Crippen molar-refractivity contribution in [3.63, 3.8) is 0 Å². The zero-order valence-electron chi connectivity index (χ0n) is 16.3. The fourth-order valence-corrected chi connectivity index (χ4v) is 3.40. The molecule has 3 aliphatic rings. The van der Waals surface area contributed by atoms with Gasteiger partial charge in [-0.1, -0.05) is 32.3 Å². The Labute approximate surface area is 167 Å². The second-order valence-electron chi connectivity index (χ2n) is 7.44. The summed E-state index contributed by atoms with van der Waals surface area (Å²) >= 11 is 0. The minimum Gasteiger partial charge on any atom is -0.403 e. The molecular weight excluding hydrogens is 396 g/mol. The van der Waals surface area contributed by atoms with Crippen molar-refractivity contribution in [3.8, 4) is 5.75 Å². The summed E-state index contributed by atoms with van der Waals surface area (Å²) in [5.74, 6) is -1.98. The molecular formula is C20H26F4O5. The fraction of sp³-hybridized carbons (Fsp3) is 0.700. The Kier molecular flexibility index (Phi) is 7.37. The second-order valence-corrected chi connectivity index (χ2v) is 7.44. The van der Waals surface area contributed by atoms with E-state index in [1.54, 1.807) is 0 Å². The smallest absolute Gasteiger partial charge is 0.403 e. The molecule has 4 rings (SSSR count). The number of hydrogen-bond donors (Lipinski definition) is 0. The number of halogens is 4. The molecule has 0 atom stereocenters. The molecule has 3 fully saturated rings. The van der Waals surface area contributed by atoms with Crippen LogP contribution in [0.15, 0.2) is 18.2 Å². The molecule has 9 heteroatoms. The van der Waals surface area contributed by atoms with Crippen molar-refractivity contribution in [2.24, 2.45) is 5.41 Å². The maximum absolute atomic E-state index is 13.4. The molecule has 3 aliphatic heterocycles. The normalized spacial score (nSPS) is 26.4. The number of rotatable bonds is 6. The highest BCUT2D eigenvalue weighted by molar-refractivity contribution is 5.30. The standard InChI is InChI=1S/C11H10F4O3.C9H16O2/c12-8-6-7(10-16-4-1-5-17-10)2-3-9(8)18-11(13,14)15;1-2-3-4-5-9-6-10-8(9)11-7-9/h2-3,6,10H,1,4-5H2;8H,2-7H2,1H3. The van der Waals surface area contributed by atoms with Crippen LogP contribution in [-0.2, 0) is 18.9 Å². The minimum atomic E-state index is -4.92. The van der Waals surface area contributed by atoms with Crippen LogP contribution in [-0.4, -0.2) is 39.1 Å². The summed E-state index contributed by atoms with van der Waals surface area (Å²) in [6.45, 7) is 5.06. The first-order valence-electron chi connectivity index (χ1n) is 9.84. The highest BCUT2D eigenvalue weighted by Crippen LogP contribution is 2.48. The van der Waals surface area contributed by atoms with Crippen molar-refractivity contribution in [1.29, 1.82) is 0 Å². The van der Waals surface area contributed by atoms with E-state index >= 15 is 0 Å². The van der Waals surface area contributed by atoms with E-state index in [1.165, 1.54) is 31.7 Å². The zero-order chi connectivity index (χ0) is 20.9. The lowest BCUT2D eigenvalue weighted by Crippen LogP contribution is -2.64. The number of fused-ring (bicyclic) bond motifs is 1. The molecule has 1 aromatic rings. The average Bonchev–Trinajstić information content (AvgIpc) is 2.68. The summed E-state index contributed by atoms with van der Waals surface area (Å²) in [6.07, 6.45) is 0.573. The molecule has 164 valence electrons. The molecule has 3 saturated heterocycles. The lowest BCUT2D eigenvalue weighted by atomic mass is 9.76. The second kappa shape index (κ2) is 9.59. The molecule has 0 N–H and O–H groups in total. The predicted octanol–water partition coefficient (Wildman–Crippen LogP) is 5.10. The van der Waals surface area contributed by atoms with Crippen LogP contribution in [0.3, 0.4) is 0 Å². The number of benzene rings is 1. The molecule has 0 spiro atoms. The number of unbranched alkanes of at least 4 members (excludes halogenated alkanes) is 2. The van der Waals surface area contributed by atoms with Crippen molar-refractivity contribution >= 4 is 0 Å². The first-order chi connectivity index (χ1) is 13.8. The first kappa shape index (κ1) is 22.3. The van der Waals surface area contributed by atoms with E-state index in [1.807, 2.05) is 0 Å². The highest BCUT2D eigenvalue weighted by atomic mass is 19.4. The third-order valence-corrected chi connectivity index (χ3v) is 5.10. The third kappa shape index (κ3) is 5.81. The molecule has 0 bridgehead atoms. The van der Waals surface area contributed by atoms with Crippen LogP contribution in [0.25, 0.3) is 0 Å². The summed E-state index contributed by atoms with van der Waals surface area (Å²) in [5.41, 5.74) is 0.788.